The smallest absolute Gasteiger partial charge is 0.239 e. The third kappa shape index (κ3) is 3.94. The van der Waals surface area contributed by atoms with E-state index >= 15 is 0 Å². The molecular weight excluding hydrogens is 292 g/mol. The minimum Gasteiger partial charge on any atom is -0.486 e. The van der Waals surface area contributed by atoms with Gasteiger partial charge in [0.15, 0.2) is 11.5 Å². The van der Waals surface area contributed by atoms with Gasteiger partial charge in [-0.05, 0) is 24.6 Å². The van der Waals surface area contributed by atoms with Crippen molar-refractivity contribution in [1.29, 1.82) is 0 Å². The van der Waals surface area contributed by atoms with Crippen molar-refractivity contribution in [2.75, 3.05) is 25.1 Å². The van der Waals surface area contributed by atoms with Gasteiger partial charge in [-0.1, -0.05) is 30.3 Å². The SMILES string of the molecule is CC(NC(=O)CNc1ccc2c(c1)OCCO2)c1ccccc1. The van der Waals surface area contributed by atoms with E-state index in [1.54, 1.807) is 0 Å². The minimum absolute atomic E-state index is 0.0224. The van der Waals surface area contributed by atoms with Gasteiger partial charge in [-0.15, -0.1) is 0 Å². The number of hydrogen-bond donors (Lipinski definition) is 2. The van der Waals surface area contributed by atoms with E-state index in [1.807, 2.05) is 55.5 Å². The van der Waals surface area contributed by atoms with E-state index in [0.717, 1.165) is 17.0 Å². The first-order valence-corrected chi connectivity index (χ1v) is 7.70. The van der Waals surface area contributed by atoms with Gasteiger partial charge >= 0.3 is 0 Å². The quantitative estimate of drug-likeness (QED) is 0.891. The molecule has 5 heteroatoms. The number of fused-ring (bicyclic) bond motifs is 1. The Balaban J connectivity index is 1.53. The number of ether oxygens (including phenoxy) is 2. The molecule has 0 saturated carbocycles. The molecule has 0 saturated heterocycles. The number of carbonyl (C=O) groups is 1. The lowest BCUT2D eigenvalue weighted by Crippen LogP contribution is -2.32. The summed E-state index contributed by atoms with van der Waals surface area (Å²) in [6, 6.07) is 15.4. The maximum atomic E-state index is 12.1. The van der Waals surface area contributed by atoms with E-state index in [2.05, 4.69) is 10.6 Å². The highest BCUT2D eigenvalue weighted by atomic mass is 16.6. The Bertz CT molecular complexity index is 673. The first-order chi connectivity index (χ1) is 11.2. The molecule has 0 fully saturated rings. The van der Waals surface area contributed by atoms with Crippen LogP contribution in [0.2, 0.25) is 0 Å². The summed E-state index contributed by atoms with van der Waals surface area (Å²) in [7, 11) is 0. The molecule has 0 spiro atoms. The molecule has 3 rings (SSSR count). The highest BCUT2D eigenvalue weighted by Crippen LogP contribution is 2.32. The average Bonchev–Trinajstić information content (AvgIpc) is 2.60. The molecule has 120 valence electrons. The summed E-state index contributed by atoms with van der Waals surface area (Å²) in [5.74, 6) is 1.39. The van der Waals surface area contributed by atoms with Crippen molar-refractivity contribution in [1.82, 2.24) is 5.32 Å². The Kier molecular flexibility index (Phi) is 4.66. The summed E-state index contributed by atoms with van der Waals surface area (Å²) < 4.78 is 11.0. The lowest BCUT2D eigenvalue weighted by molar-refractivity contribution is -0.120. The second kappa shape index (κ2) is 7.05. The van der Waals surface area contributed by atoms with Crippen molar-refractivity contribution < 1.29 is 14.3 Å². The Labute approximate surface area is 135 Å². The fourth-order valence-electron chi connectivity index (χ4n) is 2.45. The van der Waals surface area contributed by atoms with Gasteiger partial charge in [0.25, 0.3) is 0 Å². The van der Waals surface area contributed by atoms with Crippen LogP contribution in [0.5, 0.6) is 11.5 Å². The predicted molar refractivity (Wildman–Crippen MR) is 88.9 cm³/mol. The average molecular weight is 312 g/mol. The Morgan fingerprint density at radius 1 is 1.09 bits per heavy atom. The number of amides is 1. The summed E-state index contributed by atoms with van der Waals surface area (Å²) in [5, 5.41) is 6.08. The van der Waals surface area contributed by atoms with Crippen molar-refractivity contribution in [2.45, 2.75) is 13.0 Å². The van der Waals surface area contributed by atoms with Gasteiger partial charge in [0.2, 0.25) is 5.91 Å². The Hall–Kier alpha value is -2.69. The maximum Gasteiger partial charge on any atom is 0.239 e. The Morgan fingerprint density at radius 2 is 1.83 bits per heavy atom. The number of rotatable bonds is 5. The number of anilines is 1. The molecule has 0 aromatic heterocycles. The van der Waals surface area contributed by atoms with Crippen molar-refractivity contribution in [3.8, 4) is 11.5 Å². The van der Waals surface area contributed by atoms with E-state index in [1.165, 1.54) is 0 Å². The van der Waals surface area contributed by atoms with Gasteiger partial charge in [-0.3, -0.25) is 4.79 Å². The molecule has 1 unspecified atom stereocenters. The summed E-state index contributed by atoms with van der Waals surface area (Å²) in [6.07, 6.45) is 0. The molecule has 5 nitrogen and oxygen atoms in total. The van der Waals surface area contributed by atoms with E-state index in [-0.39, 0.29) is 18.5 Å². The van der Waals surface area contributed by atoms with Crippen molar-refractivity contribution in [3.63, 3.8) is 0 Å². The van der Waals surface area contributed by atoms with Crippen LogP contribution in [0.15, 0.2) is 48.5 Å². The van der Waals surface area contributed by atoms with Crippen LogP contribution >= 0.6 is 0 Å². The van der Waals surface area contributed by atoms with Crippen LogP contribution in [0.3, 0.4) is 0 Å². The standard InChI is InChI=1S/C18H20N2O3/c1-13(14-5-3-2-4-6-14)20-18(21)12-19-15-7-8-16-17(11-15)23-10-9-22-16/h2-8,11,13,19H,9-10,12H2,1H3,(H,20,21). The molecule has 1 amide bonds. The molecule has 2 N–H and O–H groups in total. The van der Waals surface area contributed by atoms with Crippen LogP contribution in [-0.2, 0) is 4.79 Å². The second-order valence-corrected chi connectivity index (χ2v) is 5.41. The van der Waals surface area contributed by atoms with E-state index in [4.69, 9.17) is 9.47 Å². The van der Waals surface area contributed by atoms with Gasteiger partial charge in [0, 0.05) is 11.8 Å². The van der Waals surface area contributed by atoms with Crippen molar-refractivity contribution in [3.05, 3.63) is 54.1 Å². The second-order valence-electron chi connectivity index (χ2n) is 5.41. The van der Waals surface area contributed by atoms with Crippen LogP contribution < -0.4 is 20.1 Å². The van der Waals surface area contributed by atoms with Gasteiger partial charge in [0.1, 0.15) is 13.2 Å². The van der Waals surface area contributed by atoms with Gasteiger partial charge in [-0.2, -0.15) is 0 Å². The topological polar surface area (TPSA) is 59.6 Å². The van der Waals surface area contributed by atoms with E-state index < -0.39 is 0 Å². The molecule has 0 radical (unpaired) electrons. The molecular formula is C18H20N2O3. The highest BCUT2D eigenvalue weighted by molar-refractivity contribution is 5.81. The van der Waals surface area contributed by atoms with E-state index in [0.29, 0.717) is 19.0 Å². The first kappa shape index (κ1) is 15.2. The Morgan fingerprint density at radius 3 is 2.61 bits per heavy atom. The van der Waals surface area contributed by atoms with Crippen molar-refractivity contribution in [2.24, 2.45) is 0 Å². The molecule has 1 aliphatic heterocycles. The monoisotopic (exact) mass is 312 g/mol. The first-order valence-electron chi connectivity index (χ1n) is 7.70. The summed E-state index contributed by atoms with van der Waals surface area (Å²) in [5.41, 5.74) is 1.91. The summed E-state index contributed by atoms with van der Waals surface area (Å²) >= 11 is 0. The number of nitrogens with one attached hydrogen (secondary N) is 2. The maximum absolute atomic E-state index is 12.1. The largest absolute Gasteiger partial charge is 0.486 e. The molecule has 1 heterocycles. The highest BCUT2D eigenvalue weighted by Gasteiger charge is 2.13. The van der Waals surface area contributed by atoms with Crippen LogP contribution in [0.25, 0.3) is 0 Å². The fourth-order valence-corrected chi connectivity index (χ4v) is 2.45. The molecule has 23 heavy (non-hydrogen) atoms. The molecule has 0 bridgehead atoms. The van der Waals surface area contributed by atoms with Gasteiger partial charge < -0.3 is 20.1 Å². The lowest BCUT2D eigenvalue weighted by Gasteiger charge is -2.19. The van der Waals surface area contributed by atoms with Gasteiger partial charge in [0.05, 0.1) is 12.6 Å². The third-order valence-electron chi connectivity index (χ3n) is 3.67. The third-order valence-corrected chi connectivity index (χ3v) is 3.67. The summed E-state index contributed by atoms with van der Waals surface area (Å²) in [4.78, 5) is 12.1. The zero-order valence-electron chi connectivity index (χ0n) is 13.0. The summed E-state index contributed by atoms with van der Waals surface area (Å²) in [6.45, 7) is 3.29. The predicted octanol–water partition coefficient (Wildman–Crippen LogP) is 2.75. The number of hydrogen-bond acceptors (Lipinski definition) is 4. The normalized spacial score (nSPS) is 14.0. The van der Waals surface area contributed by atoms with Crippen LogP contribution in [0.1, 0.15) is 18.5 Å². The van der Waals surface area contributed by atoms with Crippen molar-refractivity contribution >= 4 is 11.6 Å². The molecule has 1 atom stereocenters. The van der Waals surface area contributed by atoms with Crippen LogP contribution in [0.4, 0.5) is 5.69 Å². The lowest BCUT2D eigenvalue weighted by atomic mass is 10.1. The van der Waals surface area contributed by atoms with Crippen LogP contribution in [0, 0.1) is 0 Å². The molecule has 1 aliphatic rings. The minimum atomic E-state index is -0.0590. The van der Waals surface area contributed by atoms with Crippen LogP contribution in [-0.4, -0.2) is 25.7 Å². The fraction of sp³-hybridized carbons (Fsp3) is 0.278. The molecule has 0 aliphatic carbocycles. The zero-order valence-corrected chi connectivity index (χ0v) is 13.0. The van der Waals surface area contributed by atoms with E-state index in [9.17, 15) is 4.79 Å². The molecule has 2 aromatic rings. The molecule has 2 aromatic carbocycles. The number of carbonyl (C=O) groups excluding carboxylic acids is 1. The van der Waals surface area contributed by atoms with Gasteiger partial charge in [-0.25, -0.2) is 0 Å². The number of benzene rings is 2. The zero-order chi connectivity index (χ0) is 16.1.